The minimum Gasteiger partial charge on any atom is -0.454 e. The number of nitrogens with one attached hydrogen (secondary N) is 2. The maximum Gasteiger partial charge on any atom is 0.329 e. The van der Waals surface area contributed by atoms with Crippen molar-refractivity contribution in [3.8, 4) is 11.5 Å². The van der Waals surface area contributed by atoms with Crippen molar-refractivity contribution in [3.63, 3.8) is 0 Å². The van der Waals surface area contributed by atoms with Gasteiger partial charge in [-0.05, 0) is 36.8 Å². The Morgan fingerprint density at radius 1 is 1.21 bits per heavy atom. The molecular formula is C20H16ClN3O5. The van der Waals surface area contributed by atoms with Crippen LogP contribution < -0.4 is 20.1 Å². The summed E-state index contributed by atoms with van der Waals surface area (Å²) in [4.78, 5) is 37.8. The Hall–Kier alpha value is -3.52. The van der Waals surface area contributed by atoms with E-state index in [1.807, 2.05) is 19.1 Å². The summed E-state index contributed by atoms with van der Waals surface area (Å²) in [7, 11) is 0. The predicted octanol–water partition coefficient (Wildman–Crippen LogP) is 2.91. The van der Waals surface area contributed by atoms with Crippen LogP contribution >= 0.6 is 11.6 Å². The molecule has 0 spiro atoms. The molecule has 29 heavy (non-hydrogen) atoms. The number of nitrogens with zero attached hydrogens (tertiary/aromatic N) is 1. The number of imide groups is 1. The van der Waals surface area contributed by atoms with E-state index in [0.29, 0.717) is 27.8 Å². The lowest BCUT2D eigenvalue weighted by Crippen LogP contribution is -2.38. The second-order valence-corrected chi connectivity index (χ2v) is 6.93. The molecule has 2 aliphatic heterocycles. The van der Waals surface area contributed by atoms with Crippen molar-refractivity contribution in [2.24, 2.45) is 0 Å². The van der Waals surface area contributed by atoms with Crippen molar-refractivity contribution in [2.75, 3.05) is 18.7 Å². The molecule has 0 unspecified atom stereocenters. The first-order chi connectivity index (χ1) is 13.9. The number of hydrogen-bond donors (Lipinski definition) is 2. The van der Waals surface area contributed by atoms with E-state index in [2.05, 4.69) is 10.6 Å². The maximum absolute atomic E-state index is 12.6. The average Bonchev–Trinajstić information content (AvgIpc) is 3.23. The average molecular weight is 414 g/mol. The first kappa shape index (κ1) is 18.8. The van der Waals surface area contributed by atoms with Crippen LogP contribution in [0.2, 0.25) is 5.02 Å². The SMILES string of the molecule is Cc1ccc(NC(=O)CN2C(=O)N/C(=C\c3cc4c(cc3Cl)OCO4)C2=O)cc1. The number of carbonyl (C=O) groups is 3. The highest BCUT2D eigenvalue weighted by atomic mass is 35.5. The number of urea groups is 1. The van der Waals surface area contributed by atoms with Gasteiger partial charge in [0, 0.05) is 11.8 Å². The number of hydrogen-bond acceptors (Lipinski definition) is 5. The Labute approximate surface area is 171 Å². The summed E-state index contributed by atoms with van der Waals surface area (Å²) < 4.78 is 10.5. The van der Waals surface area contributed by atoms with Crippen LogP contribution in [0.4, 0.5) is 10.5 Å². The highest BCUT2D eigenvalue weighted by Crippen LogP contribution is 2.37. The van der Waals surface area contributed by atoms with Crippen LogP contribution in [0.5, 0.6) is 11.5 Å². The number of amides is 4. The number of carbonyl (C=O) groups excluding carboxylic acids is 3. The van der Waals surface area contributed by atoms with Crippen molar-refractivity contribution < 1.29 is 23.9 Å². The third-order valence-electron chi connectivity index (χ3n) is 4.39. The van der Waals surface area contributed by atoms with Gasteiger partial charge in [-0.2, -0.15) is 0 Å². The van der Waals surface area contributed by atoms with Gasteiger partial charge in [0.25, 0.3) is 5.91 Å². The van der Waals surface area contributed by atoms with Crippen LogP contribution in [0.25, 0.3) is 6.08 Å². The van der Waals surface area contributed by atoms with Gasteiger partial charge in [-0.3, -0.25) is 9.59 Å². The summed E-state index contributed by atoms with van der Waals surface area (Å²) in [5, 5.41) is 5.45. The molecule has 0 aromatic heterocycles. The van der Waals surface area contributed by atoms with E-state index in [0.717, 1.165) is 10.5 Å². The number of ether oxygens (including phenoxy) is 2. The number of aryl methyl sites for hydroxylation is 1. The number of halogens is 1. The van der Waals surface area contributed by atoms with E-state index < -0.39 is 24.4 Å². The summed E-state index contributed by atoms with van der Waals surface area (Å²) in [5.74, 6) is -0.108. The largest absolute Gasteiger partial charge is 0.454 e. The van der Waals surface area contributed by atoms with E-state index in [9.17, 15) is 14.4 Å². The van der Waals surface area contributed by atoms with E-state index >= 15 is 0 Å². The molecule has 2 aliphatic rings. The number of rotatable bonds is 4. The molecule has 0 aliphatic carbocycles. The fourth-order valence-corrected chi connectivity index (χ4v) is 3.10. The van der Waals surface area contributed by atoms with Gasteiger partial charge >= 0.3 is 6.03 Å². The van der Waals surface area contributed by atoms with E-state index in [1.165, 1.54) is 6.08 Å². The van der Waals surface area contributed by atoms with Crippen molar-refractivity contribution in [2.45, 2.75) is 6.92 Å². The van der Waals surface area contributed by atoms with Crippen molar-refractivity contribution in [1.29, 1.82) is 0 Å². The third-order valence-corrected chi connectivity index (χ3v) is 4.72. The molecule has 2 aromatic carbocycles. The number of anilines is 1. The van der Waals surface area contributed by atoms with E-state index in [1.54, 1.807) is 24.3 Å². The van der Waals surface area contributed by atoms with E-state index in [4.69, 9.17) is 21.1 Å². The maximum atomic E-state index is 12.6. The van der Waals surface area contributed by atoms with Gasteiger partial charge in [-0.1, -0.05) is 29.3 Å². The van der Waals surface area contributed by atoms with Gasteiger partial charge in [0.15, 0.2) is 11.5 Å². The van der Waals surface area contributed by atoms with Crippen LogP contribution in [-0.4, -0.2) is 36.1 Å². The second-order valence-electron chi connectivity index (χ2n) is 6.52. The van der Waals surface area contributed by atoms with Crippen LogP contribution in [0.15, 0.2) is 42.1 Å². The zero-order valence-corrected chi connectivity index (χ0v) is 16.1. The molecule has 2 N–H and O–H groups in total. The third kappa shape index (κ3) is 3.88. The van der Waals surface area contributed by atoms with Gasteiger partial charge in [0.2, 0.25) is 12.7 Å². The molecule has 0 bridgehead atoms. The predicted molar refractivity (Wildman–Crippen MR) is 106 cm³/mol. The summed E-state index contributed by atoms with van der Waals surface area (Å²) in [6.45, 7) is 1.61. The highest BCUT2D eigenvalue weighted by molar-refractivity contribution is 6.32. The summed E-state index contributed by atoms with van der Waals surface area (Å²) in [5.41, 5.74) is 2.12. The molecule has 1 saturated heterocycles. The Kier molecular flexibility index (Phi) is 4.85. The normalized spacial score (nSPS) is 16.3. The zero-order valence-electron chi connectivity index (χ0n) is 15.3. The molecule has 4 amide bonds. The van der Waals surface area contributed by atoms with Crippen LogP contribution in [0.1, 0.15) is 11.1 Å². The van der Waals surface area contributed by atoms with Gasteiger partial charge in [0.05, 0.1) is 5.02 Å². The van der Waals surface area contributed by atoms with Gasteiger partial charge < -0.3 is 20.1 Å². The Bertz CT molecular complexity index is 1050. The minimum absolute atomic E-state index is 0.0129. The zero-order chi connectivity index (χ0) is 20.5. The molecule has 8 nitrogen and oxygen atoms in total. The van der Waals surface area contributed by atoms with E-state index in [-0.39, 0.29) is 12.5 Å². The quantitative estimate of drug-likeness (QED) is 0.593. The molecule has 2 heterocycles. The van der Waals surface area contributed by atoms with Crippen LogP contribution in [0.3, 0.4) is 0 Å². The Balaban J connectivity index is 1.48. The molecule has 9 heteroatoms. The standard InChI is InChI=1S/C20H16ClN3O5/c1-11-2-4-13(5-3-11)22-18(25)9-24-19(26)15(23-20(24)27)6-12-7-16-17(8-14(12)21)29-10-28-16/h2-8H,9-10H2,1H3,(H,22,25)(H,23,27)/b15-6-. The number of benzene rings is 2. The molecule has 0 radical (unpaired) electrons. The molecule has 148 valence electrons. The lowest BCUT2D eigenvalue weighted by molar-refractivity contribution is -0.127. The summed E-state index contributed by atoms with van der Waals surface area (Å²) in [6.07, 6.45) is 1.43. The van der Waals surface area contributed by atoms with Gasteiger partial charge in [-0.25, -0.2) is 9.69 Å². The minimum atomic E-state index is -0.683. The lowest BCUT2D eigenvalue weighted by Gasteiger charge is -2.12. The lowest BCUT2D eigenvalue weighted by atomic mass is 10.1. The summed E-state index contributed by atoms with van der Waals surface area (Å²) in [6, 6.07) is 9.68. The first-order valence-electron chi connectivity index (χ1n) is 8.71. The van der Waals surface area contributed by atoms with Gasteiger partial charge in [0.1, 0.15) is 12.2 Å². The van der Waals surface area contributed by atoms with Gasteiger partial charge in [-0.15, -0.1) is 0 Å². The fraction of sp³-hybridized carbons (Fsp3) is 0.150. The second kappa shape index (κ2) is 7.48. The molecule has 1 fully saturated rings. The first-order valence-corrected chi connectivity index (χ1v) is 9.09. The molecule has 0 saturated carbocycles. The molecular weight excluding hydrogens is 398 g/mol. The Morgan fingerprint density at radius 3 is 2.62 bits per heavy atom. The smallest absolute Gasteiger partial charge is 0.329 e. The Morgan fingerprint density at radius 2 is 1.90 bits per heavy atom. The summed E-state index contributed by atoms with van der Waals surface area (Å²) >= 11 is 6.21. The molecule has 2 aromatic rings. The highest BCUT2D eigenvalue weighted by Gasteiger charge is 2.35. The topological polar surface area (TPSA) is 97.0 Å². The molecule has 4 rings (SSSR count). The van der Waals surface area contributed by atoms with Crippen LogP contribution in [0, 0.1) is 6.92 Å². The molecule has 0 atom stereocenters. The van der Waals surface area contributed by atoms with Crippen molar-refractivity contribution >= 4 is 41.2 Å². The van der Waals surface area contributed by atoms with Crippen LogP contribution in [-0.2, 0) is 9.59 Å². The van der Waals surface area contributed by atoms with Crippen molar-refractivity contribution in [1.82, 2.24) is 10.2 Å². The van der Waals surface area contributed by atoms with Crippen molar-refractivity contribution in [3.05, 3.63) is 58.2 Å². The number of fused-ring (bicyclic) bond motifs is 1. The fourth-order valence-electron chi connectivity index (χ4n) is 2.90. The monoisotopic (exact) mass is 413 g/mol.